The van der Waals surface area contributed by atoms with E-state index in [2.05, 4.69) is 17.3 Å². The fraction of sp³-hybridized carbons (Fsp3) is 0.600. The van der Waals surface area contributed by atoms with Crippen molar-refractivity contribution in [2.75, 3.05) is 51.6 Å². The van der Waals surface area contributed by atoms with E-state index in [1.165, 1.54) is 12.1 Å². The summed E-state index contributed by atoms with van der Waals surface area (Å²) in [6.45, 7) is 4.89. The normalized spacial score (nSPS) is 21.2. The molecule has 3 rings (SSSR count). The van der Waals surface area contributed by atoms with Gasteiger partial charge in [-0.15, -0.1) is 0 Å². The number of likely N-dealkylation sites (tertiary alicyclic amines) is 1. The van der Waals surface area contributed by atoms with Gasteiger partial charge >= 0.3 is 6.03 Å². The highest BCUT2D eigenvalue weighted by molar-refractivity contribution is 5.89. The largest absolute Gasteiger partial charge is 0.340 e. The number of rotatable bonds is 4. The Labute approximate surface area is 160 Å². The number of carbonyl (C=O) groups is 2. The number of nitrogens with one attached hydrogen (secondary N) is 1. The number of urea groups is 1. The highest BCUT2D eigenvalue weighted by Crippen LogP contribution is 2.22. The van der Waals surface area contributed by atoms with Crippen LogP contribution < -0.4 is 5.32 Å². The predicted molar refractivity (Wildman–Crippen MR) is 103 cm³/mol. The average Bonchev–Trinajstić information content (AvgIpc) is 2.68. The van der Waals surface area contributed by atoms with Crippen LogP contribution in [-0.4, -0.2) is 73.0 Å². The first-order valence-corrected chi connectivity index (χ1v) is 9.79. The summed E-state index contributed by atoms with van der Waals surface area (Å²) in [7, 11) is 2.08. The Bertz CT molecular complexity index is 644. The number of anilines is 1. The number of likely N-dealkylation sites (N-methyl/N-ethyl adjacent to an activating group) is 1. The van der Waals surface area contributed by atoms with Gasteiger partial charge in [-0.3, -0.25) is 4.79 Å². The predicted octanol–water partition coefficient (Wildman–Crippen LogP) is 2.62. The topological polar surface area (TPSA) is 55.9 Å². The number of piperidine rings is 1. The summed E-state index contributed by atoms with van der Waals surface area (Å²) in [6, 6.07) is 5.63. The fourth-order valence-corrected chi connectivity index (χ4v) is 3.76. The van der Waals surface area contributed by atoms with Crippen molar-refractivity contribution in [3.8, 4) is 0 Å². The van der Waals surface area contributed by atoms with Crippen molar-refractivity contribution >= 4 is 17.6 Å². The van der Waals surface area contributed by atoms with E-state index in [1.54, 1.807) is 17.0 Å². The molecule has 2 heterocycles. The molecule has 2 fully saturated rings. The van der Waals surface area contributed by atoms with Gasteiger partial charge in [0.25, 0.3) is 0 Å². The molecule has 2 aliphatic heterocycles. The maximum atomic E-state index is 13.0. The van der Waals surface area contributed by atoms with Crippen LogP contribution in [0.5, 0.6) is 0 Å². The number of amides is 3. The molecule has 7 heteroatoms. The van der Waals surface area contributed by atoms with Crippen LogP contribution in [0.2, 0.25) is 0 Å². The summed E-state index contributed by atoms with van der Waals surface area (Å²) in [5.74, 6) is 0.265. The molecule has 0 radical (unpaired) electrons. The summed E-state index contributed by atoms with van der Waals surface area (Å²) in [4.78, 5) is 30.9. The molecule has 0 aromatic heterocycles. The molecular formula is C20H29FN4O2. The van der Waals surface area contributed by atoms with Gasteiger partial charge < -0.3 is 20.0 Å². The van der Waals surface area contributed by atoms with E-state index in [-0.39, 0.29) is 17.8 Å². The van der Waals surface area contributed by atoms with E-state index in [0.717, 1.165) is 52.0 Å². The van der Waals surface area contributed by atoms with Gasteiger partial charge in [-0.25, -0.2) is 9.18 Å². The second-order valence-corrected chi connectivity index (χ2v) is 7.61. The van der Waals surface area contributed by atoms with E-state index in [4.69, 9.17) is 0 Å². The monoisotopic (exact) mass is 376 g/mol. The zero-order chi connectivity index (χ0) is 19.2. The number of nitrogens with zero attached hydrogens (tertiary/aromatic N) is 3. The molecule has 0 saturated carbocycles. The highest BCUT2D eigenvalue weighted by Gasteiger charge is 2.25. The molecule has 3 amide bonds. The minimum Gasteiger partial charge on any atom is -0.340 e. The number of benzene rings is 1. The molecule has 0 unspecified atom stereocenters. The van der Waals surface area contributed by atoms with Crippen molar-refractivity contribution in [2.45, 2.75) is 25.7 Å². The lowest BCUT2D eigenvalue weighted by Gasteiger charge is -2.34. The van der Waals surface area contributed by atoms with Gasteiger partial charge in [0.05, 0.1) is 0 Å². The lowest BCUT2D eigenvalue weighted by Crippen LogP contribution is -2.47. The van der Waals surface area contributed by atoms with Gasteiger partial charge in [0, 0.05) is 51.4 Å². The van der Waals surface area contributed by atoms with Crippen molar-refractivity contribution in [1.29, 1.82) is 0 Å². The fourth-order valence-electron chi connectivity index (χ4n) is 3.76. The molecule has 1 aromatic rings. The number of carbonyl (C=O) groups excluding carboxylic acids is 2. The molecule has 27 heavy (non-hydrogen) atoms. The zero-order valence-electron chi connectivity index (χ0n) is 16.0. The Morgan fingerprint density at radius 3 is 2.48 bits per heavy atom. The second kappa shape index (κ2) is 9.17. The Morgan fingerprint density at radius 1 is 1.07 bits per heavy atom. The Balaban J connectivity index is 1.44. The maximum Gasteiger partial charge on any atom is 0.321 e. The van der Waals surface area contributed by atoms with Crippen LogP contribution in [0.4, 0.5) is 14.9 Å². The van der Waals surface area contributed by atoms with Gasteiger partial charge in [0.2, 0.25) is 5.91 Å². The molecule has 0 aliphatic carbocycles. The van der Waals surface area contributed by atoms with Gasteiger partial charge in [-0.1, -0.05) is 0 Å². The number of hydrogen-bond acceptors (Lipinski definition) is 3. The van der Waals surface area contributed by atoms with Gasteiger partial charge in [-0.2, -0.15) is 0 Å². The second-order valence-electron chi connectivity index (χ2n) is 7.61. The van der Waals surface area contributed by atoms with Crippen LogP contribution in [0.3, 0.4) is 0 Å². The van der Waals surface area contributed by atoms with Crippen molar-refractivity contribution in [2.24, 2.45) is 5.92 Å². The lowest BCUT2D eigenvalue weighted by molar-refractivity contribution is -0.133. The van der Waals surface area contributed by atoms with Crippen molar-refractivity contribution in [1.82, 2.24) is 14.7 Å². The van der Waals surface area contributed by atoms with E-state index in [9.17, 15) is 14.0 Å². The molecule has 1 N–H and O–H groups in total. The van der Waals surface area contributed by atoms with Crippen molar-refractivity contribution in [3.63, 3.8) is 0 Å². The van der Waals surface area contributed by atoms with Crippen LogP contribution in [0.15, 0.2) is 24.3 Å². The molecule has 0 spiro atoms. The number of hydrogen-bond donors (Lipinski definition) is 1. The van der Waals surface area contributed by atoms with Crippen molar-refractivity contribution < 1.29 is 14.0 Å². The summed E-state index contributed by atoms with van der Waals surface area (Å²) in [6.07, 6.45) is 3.38. The summed E-state index contributed by atoms with van der Waals surface area (Å²) < 4.78 is 13.0. The molecule has 0 bridgehead atoms. The van der Waals surface area contributed by atoms with E-state index >= 15 is 0 Å². The Morgan fingerprint density at radius 2 is 1.78 bits per heavy atom. The molecule has 1 atom stereocenters. The van der Waals surface area contributed by atoms with Crippen LogP contribution >= 0.6 is 0 Å². The van der Waals surface area contributed by atoms with E-state index in [1.807, 2.05) is 4.90 Å². The van der Waals surface area contributed by atoms with Crippen LogP contribution in [-0.2, 0) is 4.79 Å². The van der Waals surface area contributed by atoms with Gasteiger partial charge in [0.1, 0.15) is 5.82 Å². The first-order valence-electron chi connectivity index (χ1n) is 9.79. The molecule has 2 saturated heterocycles. The maximum absolute atomic E-state index is 13.0. The molecule has 2 aliphatic rings. The first kappa shape index (κ1) is 19.6. The number of piperazine rings is 1. The lowest BCUT2D eigenvalue weighted by atomic mass is 9.93. The average molecular weight is 376 g/mol. The number of halogens is 1. The van der Waals surface area contributed by atoms with Crippen molar-refractivity contribution in [3.05, 3.63) is 30.1 Å². The van der Waals surface area contributed by atoms with Crippen LogP contribution in [0.25, 0.3) is 0 Å². The summed E-state index contributed by atoms with van der Waals surface area (Å²) in [5, 5.41) is 2.82. The quantitative estimate of drug-likeness (QED) is 0.879. The highest BCUT2D eigenvalue weighted by atomic mass is 19.1. The third-order valence-electron chi connectivity index (χ3n) is 5.52. The third kappa shape index (κ3) is 5.66. The standard InChI is InChI=1S/C20H29FN4O2/c1-23-11-13-24(14-12-23)19(26)9-4-16-3-2-10-25(15-16)20(27)22-18-7-5-17(21)6-8-18/h5-8,16H,2-4,9-15H2,1H3,(H,22,27)/t16-/m1/s1. The third-order valence-corrected chi connectivity index (χ3v) is 5.52. The van der Waals surface area contributed by atoms with Crippen LogP contribution in [0.1, 0.15) is 25.7 Å². The minimum atomic E-state index is -0.323. The van der Waals surface area contributed by atoms with E-state index in [0.29, 0.717) is 24.6 Å². The minimum absolute atomic E-state index is 0.156. The first-order chi connectivity index (χ1) is 13.0. The molecule has 6 nitrogen and oxygen atoms in total. The Kier molecular flexibility index (Phi) is 6.66. The molecular weight excluding hydrogens is 347 g/mol. The van der Waals surface area contributed by atoms with Crippen LogP contribution in [0, 0.1) is 11.7 Å². The smallest absolute Gasteiger partial charge is 0.321 e. The zero-order valence-corrected chi connectivity index (χ0v) is 16.0. The summed E-state index contributed by atoms with van der Waals surface area (Å²) in [5.41, 5.74) is 0.591. The molecule has 1 aromatic carbocycles. The van der Waals surface area contributed by atoms with Gasteiger partial charge in [-0.05, 0) is 56.5 Å². The molecule has 148 valence electrons. The van der Waals surface area contributed by atoms with Gasteiger partial charge in [0.15, 0.2) is 0 Å². The van der Waals surface area contributed by atoms with E-state index < -0.39 is 0 Å². The SMILES string of the molecule is CN1CCN(C(=O)CC[C@H]2CCCN(C(=O)Nc3ccc(F)cc3)C2)CC1. The summed E-state index contributed by atoms with van der Waals surface area (Å²) >= 11 is 0. The Hall–Kier alpha value is -2.15.